The Hall–Kier alpha value is -2.22. The molecular weight excluding hydrogens is 318 g/mol. The molecule has 1 aliphatic heterocycles. The summed E-state index contributed by atoms with van der Waals surface area (Å²) in [6, 6.07) is 8.75. The van der Waals surface area contributed by atoms with Gasteiger partial charge in [-0.25, -0.2) is 10.9 Å². The molecule has 2 heterocycles. The Kier molecular flexibility index (Phi) is 5.17. The van der Waals surface area contributed by atoms with E-state index in [1.165, 1.54) is 0 Å². The minimum absolute atomic E-state index is 0.0359. The Morgan fingerprint density at radius 2 is 2.08 bits per heavy atom. The van der Waals surface area contributed by atoms with Crippen molar-refractivity contribution in [3.8, 4) is 0 Å². The smallest absolute Gasteiger partial charge is 0.239 e. The van der Waals surface area contributed by atoms with Gasteiger partial charge in [-0.3, -0.25) is 9.48 Å². The first-order chi connectivity index (χ1) is 12.0. The van der Waals surface area contributed by atoms with Gasteiger partial charge in [-0.05, 0) is 25.8 Å². The summed E-state index contributed by atoms with van der Waals surface area (Å²) in [4.78, 5) is 12.6. The molecule has 1 amide bonds. The molecule has 0 radical (unpaired) electrons. The topological polar surface area (TPSA) is 91.2 Å². The van der Waals surface area contributed by atoms with Crippen LogP contribution >= 0.6 is 0 Å². The van der Waals surface area contributed by atoms with Crippen LogP contribution in [0.1, 0.15) is 41.0 Å². The van der Waals surface area contributed by atoms with Crippen LogP contribution in [0.4, 0.5) is 0 Å². The molecule has 25 heavy (non-hydrogen) atoms. The predicted molar refractivity (Wildman–Crippen MR) is 94.5 cm³/mol. The highest BCUT2D eigenvalue weighted by Crippen LogP contribution is 2.27. The number of carbonyl (C=O) groups is 1. The molecule has 1 aliphatic rings. The highest BCUT2D eigenvalue weighted by atomic mass is 16.3. The molecule has 1 saturated heterocycles. The number of hydrogen-bond acceptors (Lipinski definition) is 5. The number of aliphatic hydroxyl groups is 1. The molecule has 2 aromatic rings. The zero-order chi connectivity index (χ0) is 18.0. The highest BCUT2D eigenvalue weighted by molar-refractivity contribution is 5.82. The van der Waals surface area contributed by atoms with E-state index >= 15 is 0 Å². The van der Waals surface area contributed by atoms with Gasteiger partial charge < -0.3 is 10.4 Å². The largest absolute Gasteiger partial charge is 0.394 e. The Labute approximate surface area is 147 Å². The van der Waals surface area contributed by atoms with Crippen molar-refractivity contribution >= 4 is 5.91 Å². The molecule has 4 N–H and O–H groups in total. The van der Waals surface area contributed by atoms with E-state index in [0.717, 1.165) is 22.5 Å². The summed E-state index contributed by atoms with van der Waals surface area (Å²) in [6.45, 7) is 3.87. The van der Waals surface area contributed by atoms with E-state index in [0.29, 0.717) is 6.42 Å². The number of aromatic nitrogens is 2. The lowest BCUT2D eigenvalue weighted by atomic mass is 9.99. The zero-order valence-electron chi connectivity index (χ0n) is 14.8. The van der Waals surface area contributed by atoms with Gasteiger partial charge in [0, 0.05) is 18.3 Å². The molecule has 0 bridgehead atoms. The van der Waals surface area contributed by atoms with Crippen molar-refractivity contribution in [2.24, 2.45) is 7.05 Å². The fourth-order valence-electron chi connectivity index (χ4n) is 3.40. The van der Waals surface area contributed by atoms with Crippen molar-refractivity contribution in [1.29, 1.82) is 0 Å². The van der Waals surface area contributed by atoms with Crippen molar-refractivity contribution in [3.63, 3.8) is 0 Å². The van der Waals surface area contributed by atoms with E-state index in [1.807, 2.05) is 55.9 Å². The monoisotopic (exact) mass is 343 g/mol. The van der Waals surface area contributed by atoms with Crippen molar-refractivity contribution < 1.29 is 9.90 Å². The number of amides is 1. The number of benzene rings is 1. The van der Waals surface area contributed by atoms with Crippen LogP contribution in [-0.2, 0) is 11.8 Å². The highest BCUT2D eigenvalue weighted by Gasteiger charge is 2.33. The molecule has 1 aromatic carbocycles. The molecule has 1 fully saturated rings. The lowest BCUT2D eigenvalue weighted by Gasteiger charge is -2.19. The molecule has 2 unspecified atom stereocenters. The Balaban J connectivity index is 1.66. The van der Waals surface area contributed by atoms with Crippen LogP contribution in [0.5, 0.6) is 0 Å². The Morgan fingerprint density at radius 3 is 2.68 bits per heavy atom. The third-order valence-electron chi connectivity index (χ3n) is 4.83. The molecule has 3 atom stereocenters. The van der Waals surface area contributed by atoms with Crippen molar-refractivity contribution in [2.75, 3.05) is 6.61 Å². The third kappa shape index (κ3) is 3.58. The maximum Gasteiger partial charge on any atom is 0.239 e. The fourth-order valence-corrected chi connectivity index (χ4v) is 3.40. The van der Waals surface area contributed by atoms with E-state index in [1.54, 1.807) is 0 Å². The van der Waals surface area contributed by atoms with Crippen LogP contribution in [0.2, 0.25) is 0 Å². The minimum Gasteiger partial charge on any atom is -0.394 e. The van der Waals surface area contributed by atoms with E-state index in [2.05, 4.69) is 21.3 Å². The molecule has 134 valence electrons. The fraction of sp³-hybridized carbons (Fsp3) is 0.444. The number of nitrogens with zero attached hydrogens (tertiary/aromatic N) is 2. The molecule has 1 aromatic heterocycles. The Bertz CT molecular complexity index is 743. The number of carbonyl (C=O) groups excluding carboxylic acids is 1. The number of rotatable bonds is 5. The van der Waals surface area contributed by atoms with Gasteiger partial charge in [-0.1, -0.05) is 30.3 Å². The Morgan fingerprint density at radius 1 is 1.36 bits per heavy atom. The van der Waals surface area contributed by atoms with Gasteiger partial charge in [-0.15, -0.1) is 0 Å². The van der Waals surface area contributed by atoms with Crippen LogP contribution in [0.25, 0.3) is 0 Å². The summed E-state index contributed by atoms with van der Waals surface area (Å²) in [6.07, 6.45) is 0.631. The second kappa shape index (κ2) is 7.35. The summed E-state index contributed by atoms with van der Waals surface area (Å²) >= 11 is 0. The van der Waals surface area contributed by atoms with Crippen LogP contribution in [0, 0.1) is 13.8 Å². The number of nitrogens with one attached hydrogen (secondary N) is 3. The lowest BCUT2D eigenvalue weighted by Crippen LogP contribution is -2.45. The quantitative estimate of drug-likeness (QED) is 0.644. The lowest BCUT2D eigenvalue weighted by molar-refractivity contribution is -0.124. The normalized spacial score (nSPS) is 21.3. The summed E-state index contributed by atoms with van der Waals surface area (Å²) in [7, 11) is 1.92. The SMILES string of the molecule is Cc1nn(C)c(C)c1C1CC(C(=O)N[C@@H](CO)c2ccccc2)NN1. The molecule has 7 nitrogen and oxygen atoms in total. The van der Waals surface area contributed by atoms with E-state index in [4.69, 9.17) is 0 Å². The van der Waals surface area contributed by atoms with Gasteiger partial charge in [-0.2, -0.15) is 5.10 Å². The van der Waals surface area contributed by atoms with Gasteiger partial charge in [0.1, 0.15) is 6.04 Å². The molecule has 0 spiro atoms. The molecule has 7 heteroatoms. The maximum absolute atomic E-state index is 12.6. The number of aryl methyl sites for hydroxylation is 2. The number of aliphatic hydroxyl groups excluding tert-OH is 1. The van der Waals surface area contributed by atoms with Crippen LogP contribution in [0.15, 0.2) is 30.3 Å². The van der Waals surface area contributed by atoms with Gasteiger partial charge in [0.15, 0.2) is 0 Å². The van der Waals surface area contributed by atoms with E-state index in [9.17, 15) is 9.90 Å². The summed E-state index contributed by atoms with van der Waals surface area (Å²) < 4.78 is 1.86. The van der Waals surface area contributed by atoms with E-state index in [-0.39, 0.29) is 24.6 Å². The van der Waals surface area contributed by atoms with Gasteiger partial charge in [0.05, 0.1) is 24.4 Å². The average molecular weight is 343 g/mol. The standard InChI is InChI=1S/C18H25N5O2/c1-11-17(12(2)23(3)22-11)14-9-15(21-20-14)18(25)19-16(10-24)13-7-5-4-6-8-13/h4-8,14-16,20-21,24H,9-10H2,1-3H3,(H,19,25)/t14?,15?,16-/m0/s1. The van der Waals surface area contributed by atoms with Crippen molar-refractivity contribution in [3.05, 3.63) is 52.8 Å². The zero-order valence-corrected chi connectivity index (χ0v) is 14.8. The molecular formula is C18H25N5O2. The summed E-state index contributed by atoms with van der Waals surface area (Å²) in [5, 5.41) is 17.0. The summed E-state index contributed by atoms with van der Waals surface area (Å²) in [5.41, 5.74) is 10.4. The van der Waals surface area contributed by atoms with Crippen molar-refractivity contribution in [2.45, 2.75) is 38.4 Å². The van der Waals surface area contributed by atoms with Crippen LogP contribution in [-0.4, -0.2) is 33.4 Å². The average Bonchev–Trinajstić information content (AvgIpc) is 3.18. The molecule has 3 rings (SSSR count). The second-order valence-corrected chi connectivity index (χ2v) is 6.49. The first-order valence-corrected chi connectivity index (χ1v) is 8.48. The number of hydrogen-bond donors (Lipinski definition) is 4. The van der Waals surface area contributed by atoms with Gasteiger partial charge in [0.25, 0.3) is 0 Å². The predicted octanol–water partition coefficient (Wildman–Crippen LogP) is 0.794. The maximum atomic E-state index is 12.6. The number of hydrazine groups is 1. The first-order valence-electron chi connectivity index (χ1n) is 8.48. The third-order valence-corrected chi connectivity index (χ3v) is 4.83. The molecule has 0 aliphatic carbocycles. The van der Waals surface area contributed by atoms with Crippen LogP contribution in [0.3, 0.4) is 0 Å². The summed E-state index contributed by atoms with van der Waals surface area (Å²) in [5.74, 6) is -0.128. The second-order valence-electron chi connectivity index (χ2n) is 6.49. The molecule has 0 saturated carbocycles. The van der Waals surface area contributed by atoms with E-state index < -0.39 is 6.04 Å². The van der Waals surface area contributed by atoms with Gasteiger partial charge >= 0.3 is 0 Å². The van der Waals surface area contributed by atoms with Crippen molar-refractivity contribution in [1.82, 2.24) is 25.9 Å². The first kappa shape index (κ1) is 17.6. The van der Waals surface area contributed by atoms with Gasteiger partial charge in [0.2, 0.25) is 5.91 Å². The van der Waals surface area contributed by atoms with Crippen LogP contribution < -0.4 is 16.2 Å². The minimum atomic E-state index is -0.406.